The second-order valence-corrected chi connectivity index (χ2v) is 5.07. The second kappa shape index (κ2) is 6.24. The van der Waals surface area contributed by atoms with Crippen molar-refractivity contribution >= 4 is 34.7 Å². The molecule has 2 aromatic rings. The van der Waals surface area contributed by atoms with Crippen LogP contribution in [0.4, 0.5) is 5.69 Å². The summed E-state index contributed by atoms with van der Waals surface area (Å²) in [4.78, 5) is 12.6. The van der Waals surface area contributed by atoms with Gasteiger partial charge in [-0.2, -0.15) is 0 Å². The Kier molecular flexibility index (Phi) is 4.60. The predicted molar refractivity (Wildman–Crippen MR) is 83.9 cm³/mol. The standard InChI is InChI=1S/C15H13Cl2NO3/c1-20-13-6-10(12(17)7-14(13)21-2)15(19)9-4-3-8(18)5-11(9)16/h3-7H,18H2,1-2H3. The number of nitrogen functional groups attached to an aromatic ring is 1. The van der Waals surface area contributed by atoms with E-state index in [1.165, 1.54) is 32.4 Å². The first-order chi connectivity index (χ1) is 9.97. The minimum atomic E-state index is -0.314. The highest BCUT2D eigenvalue weighted by Crippen LogP contribution is 2.35. The van der Waals surface area contributed by atoms with Crippen LogP contribution >= 0.6 is 23.2 Å². The quantitative estimate of drug-likeness (QED) is 0.685. The summed E-state index contributed by atoms with van der Waals surface area (Å²) in [7, 11) is 2.97. The monoisotopic (exact) mass is 325 g/mol. The zero-order valence-electron chi connectivity index (χ0n) is 11.4. The van der Waals surface area contributed by atoms with Gasteiger partial charge in [0.2, 0.25) is 0 Å². The van der Waals surface area contributed by atoms with Crippen LogP contribution in [0.1, 0.15) is 15.9 Å². The van der Waals surface area contributed by atoms with Gasteiger partial charge in [0.25, 0.3) is 0 Å². The van der Waals surface area contributed by atoms with Crippen molar-refractivity contribution < 1.29 is 14.3 Å². The van der Waals surface area contributed by atoms with Gasteiger partial charge in [0.1, 0.15) is 0 Å². The number of halogens is 2. The Hall–Kier alpha value is -1.91. The number of anilines is 1. The van der Waals surface area contributed by atoms with E-state index in [1.54, 1.807) is 12.1 Å². The number of nitrogens with two attached hydrogens (primary N) is 1. The summed E-state index contributed by atoms with van der Waals surface area (Å²) >= 11 is 12.2. The predicted octanol–water partition coefficient (Wildman–Crippen LogP) is 3.82. The zero-order chi connectivity index (χ0) is 15.6. The van der Waals surface area contributed by atoms with E-state index >= 15 is 0 Å². The van der Waals surface area contributed by atoms with E-state index in [2.05, 4.69) is 0 Å². The van der Waals surface area contributed by atoms with Crippen molar-refractivity contribution in [2.75, 3.05) is 20.0 Å². The number of rotatable bonds is 4. The molecular formula is C15H13Cl2NO3. The van der Waals surface area contributed by atoms with Gasteiger partial charge in [-0.1, -0.05) is 23.2 Å². The fourth-order valence-electron chi connectivity index (χ4n) is 1.89. The Morgan fingerprint density at radius 2 is 1.52 bits per heavy atom. The number of methoxy groups -OCH3 is 2. The van der Waals surface area contributed by atoms with E-state index in [4.69, 9.17) is 38.4 Å². The molecule has 2 aromatic carbocycles. The third-order valence-electron chi connectivity index (χ3n) is 2.96. The van der Waals surface area contributed by atoms with Gasteiger partial charge in [-0.05, 0) is 24.3 Å². The summed E-state index contributed by atoms with van der Waals surface area (Å²) in [6, 6.07) is 7.74. The Morgan fingerprint density at radius 1 is 0.952 bits per heavy atom. The molecule has 0 aliphatic carbocycles. The molecule has 0 atom stereocenters. The molecule has 0 radical (unpaired) electrons. The minimum absolute atomic E-state index is 0.255. The Morgan fingerprint density at radius 3 is 2.10 bits per heavy atom. The minimum Gasteiger partial charge on any atom is -0.493 e. The van der Waals surface area contributed by atoms with E-state index in [9.17, 15) is 4.79 Å². The lowest BCUT2D eigenvalue weighted by Gasteiger charge is -2.12. The lowest BCUT2D eigenvalue weighted by Crippen LogP contribution is -2.05. The van der Waals surface area contributed by atoms with Gasteiger partial charge in [-0.15, -0.1) is 0 Å². The molecule has 0 unspecified atom stereocenters. The number of ketones is 1. The van der Waals surface area contributed by atoms with Crippen LogP contribution in [0.25, 0.3) is 0 Å². The molecule has 0 aliphatic heterocycles. The largest absolute Gasteiger partial charge is 0.493 e. The molecule has 2 N–H and O–H groups in total. The van der Waals surface area contributed by atoms with Crippen molar-refractivity contribution in [3.8, 4) is 11.5 Å². The number of ether oxygens (including phenoxy) is 2. The molecule has 0 bridgehead atoms. The number of hydrogen-bond acceptors (Lipinski definition) is 4. The van der Waals surface area contributed by atoms with Gasteiger partial charge in [-0.25, -0.2) is 0 Å². The molecule has 0 heterocycles. The van der Waals surface area contributed by atoms with Crippen molar-refractivity contribution in [3.63, 3.8) is 0 Å². The maximum Gasteiger partial charge on any atom is 0.196 e. The highest BCUT2D eigenvalue weighted by atomic mass is 35.5. The molecule has 6 heteroatoms. The summed E-state index contributed by atoms with van der Waals surface area (Å²) in [6.07, 6.45) is 0. The first kappa shape index (κ1) is 15.5. The SMILES string of the molecule is COc1cc(Cl)c(C(=O)c2ccc(N)cc2Cl)cc1OC. The van der Waals surface area contributed by atoms with E-state index in [0.29, 0.717) is 22.7 Å². The first-order valence-electron chi connectivity index (χ1n) is 5.99. The molecule has 110 valence electrons. The molecule has 0 aliphatic rings. The van der Waals surface area contributed by atoms with Crippen molar-refractivity contribution in [2.24, 2.45) is 0 Å². The van der Waals surface area contributed by atoms with Gasteiger partial charge < -0.3 is 15.2 Å². The molecule has 0 amide bonds. The Labute approximate surface area is 132 Å². The number of carbonyl (C=O) groups is 1. The number of hydrogen-bond donors (Lipinski definition) is 1. The summed E-state index contributed by atoms with van der Waals surface area (Å²) in [5.41, 5.74) is 6.70. The van der Waals surface area contributed by atoms with Crippen molar-refractivity contribution in [1.82, 2.24) is 0 Å². The molecular weight excluding hydrogens is 313 g/mol. The van der Waals surface area contributed by atoms with Gasteiger partial charge in [0, 0.05) is 22.9 Å². The van der Waals surface area contributed by atoms with E-state index in [-0.39, 0.29) is 21.4 Å². The van der Waals surface area contributed by atoms with Crippen molar-refractivity contribution in [1.29, 1.82) is 0 Å². The van der Waals surface area contributed by atoms with Crippen molar-refractivity contribution in [2.45, 2.75) is 0 Å². The number of benzene rings is 2. The van der Waals surface area contributed by atoms with Crippen LogP contribution in [0.3, 0.4) is 0 Å². The fraction of sp³-hybridized carbons (Fsp3) is 0.133. The Balaban J connectivity index is 2.53. The highest BCUT2D eigenvalue weighted by Gasteiger charge is 2.19. The molecule has 21 heavy (non-hydrogen) atoms. The van der Waals surface area contributed by atoms with Crippen LogP contribution in [0, 0.1) is 0 Å². The average molecular weight is 326 g/mol. The van der Waals surface area contributed by atoms with E-state index in [0.717, 1.165) is 0 Å². The lowest BCUT2D eigenvalue weighted by molar-refractivity contribution is 0.103. The second-order valence-electron chi connectivity index (χ2n) is 4.26. The van der Waals surface area contributed by atoms with Crippen LogP contribution in [0.15, 0.2) is 30.3 Å². The molecule has 0 fully saturated rings. The number of carbonyl (C=O) groups excluding carboxylic acids is 1. The third kappa shape index (κ3) is 3.06. The summed E-state index contributed by atoms with van der Waals surface area (Å²) in [6.45, 7) is 0. The van der Waals surface area contributed by atoms with Gasteiger partial charge in [0.05, 0.1) is 24.3 Å². The smallest absolute Gasteiger partial charge is 0.196 e. The van der Waals surface area contributed by atoms with Crippen LogP contribution < -0.4 is 15.2 Å². The normalized spacial score (nSPS) is 10.3. The van der Waals surface area contributed by atoms with Gasteiger partial charge >= 0.3 is 0 Å². The molecule has 0 spiro atoms. The summed E-state index contributed by atoms with van der Waals surface area (Å²) in [5.74, 6) is 0.547. The molecule has 0 aromatic heterocycles. The van der Waals surface area contributed by atoms with Crippen LogP contribution in [0.5, 0.6) is 11.5 Å². The molecule has 2 rings (SSSR count). The zero-order valence-corrected chi connectivity index (χ0v) is 13.0. The topological polar surface area (TPSA) is 61.5 Å². The van der Waals surface area contributed by atoms with Crippen LogP contribution in [0.2, 0.25) is 10.0 Å². The van der Waals surface area contributed by atoms with Crippen LogP contribution in [-0.4, -0.2) is 20.0 Å². The fourth-order valence-corrected chi connectivity index (χ4v) is 2.40. The third-order valence-corrected chi connectivity index (χ3v) is 3.58. The summed E-state index contributed by atoms with van der Waals surface area (Å²) in [5, 5.41) is 0.524. The highest BCUT2D eigenvalue weighted by molar-refractivity contribution is 6.38. The first-order valence-corrected chi connectivity index (χ1v) is 6.74. The summed E-state index contributed by atoms with van der Waals surface area (Å²) < 4.78 is 10.3. The molecule has 0 saturated heterocycles. The maximum absolute atomic E-state index is 12.6. The lowest BCUT2D eigenvalue weighted by atomic mass is 10.0. The van der Waals surface area contributed by atoms with Gasteiger partial charge in [0.15, 0.2) is 17.3 Å². The van der Waals surface area contributed by atoms with Crippen molar-refractivity contribution in [3.05, 3.63) is 51.5 Å². The Bertz CT molecular complexity index is 702. The van der Waals surface area contributed by atoms with E-state index in [1.807, 2.05) is 0 Å². The van der Waals surface area contributed by atoms with Crippen LogP contribution in [-0.2, 0) is 0 Å². The average Bonchev–Trinajstić information content (AvgIpc) is 2.46. The molecule has 4 nitrogen and oxygen atoms in total. The van der Waals surface area contributed by atoms with E-state index < -0.39 is 0 Å². The maximum atomic E-state index is 12.6. The molecule has 0 saturated carbocycles. The van der Waals surface area contributed by atoms with Gasteiger partial charge in [-0.3, -0.25) is 4.79 Å².